The van der Waals surface area contributed by atoms with E-state index in [1.54, 1.807) is 6.07 Å². The van der Waals surface area contributed by atoms with Gasteiger partial charge in [0.2, 0.25) is 0 Å². The maximum absolute atomic E-state index is 14.9. The van der Waals surface area contributed by atoms with Crippen LogP contribution in [0.3, 0.4) is 0 Å². The number of furan rings is 1. The quantitative estimate of drug-likeness (QED) is 0.529. The van der Waals surface area contributed by atoms with E-state index < -0.39 is 0 Å². The molecule has 1 aromatic heterocycles. The molecule has 24 heavy (non-hydrogen) atoms. The predicted molar refractivity (Wildman–Crippen MR) is 93.3 cm³/mol. The first kappa shape index (κ1) is 15.6. The van der Waals surface area contributed by atoms with Gasteiger partial charge < -0.3 is 4.42 Å². The Hall–Kier alpha value is -1.90. The van der Waals surface area contributed by atoms with Crippen molar-refractivity contribution in [2.45, 2.75) is 51.9 Å². The van der Waals surface area contributed by atoms with Crippen LogP contribution >= 0.6 is 0 Å². The van der Waals surface area contributed by atoms with Crippen LogP contribution < -0.4 is 0 Å². The molecule has 1 fully saturated rings. The lowest BCUT2D eigenvalue weighted by Gasteiger charge is -2.09. The van der Waals surface area contributed by atoms with E-state index >= 15 is 0 Å². The van der Waals surface area contributed by atoms with E-state index in [1.165, 1.54) is 25.7 Å². The summed E-state index contributed by atoms with van der Waals surface area (Å²) in [5.74, 6) is -0.0939. The molecule has 0 unspecified atom stereocenters. The first-order valence-electron chi connectivity index (χ1n) is 9.00. The monoisotopic (exact) mass is 328 g/mol. The second kappa shape index (κ2) is 6.19. The Balaban J connectivity index is 1.82. The van der Waals surface area contributed by atoms with E-state index in [1.807, 2.05) is 25.1 Å². The third-order valence-electron chi connectivity index (χ3n) is 5.35. The van der Waals surface area contributed by atoms with Crippen molar-refractivity contribution in [1.29, 1.82) is 0 Å². The molecule has 0 radical (unpaired) electrons. The highest BCUT2D eigenvalue weighted by molar-refractivity contribution is 6.05. The van der Waals surface area contributed by atoms with Crippen LogP contribution in [-0.4, -0.2) is 0 Å². The van der Waals surface area contributed by atoms with Crippen molar-refractivity contribution in [3.05, 3.63) is 47.0 Å². The fourth-order valence-electron chi connectivity index (χ4n) is 4.07. The van der Waals surface area contributed by atoms with Gasteiger partial charge in [0.15, 0.2) is 22.8 Å². The average molecular weight is 328 g/mol. The Morgan fingerprint density at radius 1 is 0.917 bits per heavy atom. The predicted octanol–water partition coefficient (Wildman–Crippen LogP) is 6.55. The van der Waals surface area contributed by atoms with E-state index in [2.05, 4.69) is 0 Å². The molecule has 2 aromatic carbocycles. The Morgan fingerprint density at radius 3 is 2.12 bits per heavy atom. The van der Waals surface area contributed by atoms with Gasteiger partial charge in [-0.1, -0.05) is 51.2 Å². The molecule has 0 amide bonds. The summed E-state index contributed by atoms with van der Waals surface area (Å²) in [6.45, 7) is 2.01. The minimum Gasteiger partial charge on any atom is -0.450 e. The Kier molecular flexibility index (Phi) is 4.03. The van der Waals surface area contributed by atoms with Crippen LogP contribution in [0.25, 0.3) is 21.9 Å². The molecule has 0 N–H and O–H groups in total. The third kappa shape index (κ3) is 2.51. The molecule has 0 bridgehead atoms. The van der Waals surface area contributed by atoms with Crippen LogP contribution in [0.5, 0.6) is 0 Å². The van der Waals surface area contributed by atoms with Gasteiger partial charge in [0, 0.05) is 10.8 Å². The van der Waals surface area contributed by atoms with Gasteiger partial charge in [0.1, 0.15) is 0 Å². The molecule has 0 saturated heterocycles. The zero-order valence-corrected chi connectivity index (χ0v) is 14.0. The zero-order valence-electron chi connectivity index (χ0n) is 14.0. The standard InChI is InChI=1S/C21H22F2O/c1-2-5-14-8-10-16-17-11-9-15(12-13-6-3-4-7-13)19(23)21(17)24-20(16)18(14)22/h8-11,13H,2-7,12H2,1H3. The fraction of sp³-hybridized carbons (Fsp3) is 0.429. The molecule has 4 rings (SSSR count). The molecule has 3 heteroatoms. The summed E-state index contributed by atoms with van der Waals surface area (Å²) in [7, 11) is 0. The van der Waals surface area contributed by atoms with Crippen molar-refractivity contribution >= 4 is 21.9 Å². The Morgan fingerprint density at radius 2 is 1.50 bits per heavy atom. The Labute approximate surface area is 140 Å². The lowest BCUT2D eigenvalue weighted by molar-refractivity contribution is 0.512. The number of hydrogen-bond acceptors (Lipinski definition) is 1. The summed E-state index contributed by atoms with van der Waals surface area (Å²) in [5.41, 5.74) is 1.72. The number of hydrogen-bond donors (Lipinski definition) is 0. The zero-order chi connectivity index (χ0) is 16.7. The fourth-order valence-corrected chi connectivity index (χ4v) is 4.07. The summed E-state index contributed by atoms with van der Waals surface area (Å²) < 4.78 is 35.2. The van der Waals surface area contributed by atoms with Crippen molar-refractivity contribution in [3.8, 4) is 0 Å². The van der Waals surface area contributed by atoms with Crippen molar-refractivity contribution in [2.75, 3.05) is 0 Å². The van der Waals surface area contributed by atoms with Gasteiger partial charge in [0.05, 0.1) is 0 Å². The molecule has 0 aliphatic heterocycles. The molecule has 3 aromatic rings. The summed E-state index contributed by atoms with van der Waals surface area (Å²) in [6, 6.07) is 7.38. The maximum Gasteiger partial charge on any atom is 0.171 e. The van der Waals surface area contributed by atoms with Gasteiger partial charge in [-0.25, -0.2) is 8.78 Å². The SMILES string of the molecule is CCCc1ccc2c(oc3c(F)c(CC4CCCC4)ccc32)c1F. The van der Waals surface area contributed by atoms with Gasteiger partial charge in [-0.05, 0) is 42.0 Å². The van der Waals surface area contributed by atoms with Crippen LogP contribution in [0.4, 0.5) is 8.78 Å². The largest absolute Gasteiger partial charge is 0.450 e. The first-order chi connectivity index (χ1) is 11.7. The van der Waals surface area contributed by atoms with Gasteiger partial charge in [-0.3, -0.25) is 0 Å². The molecule has 1 nitrogen and oxygen atoms in total. The normalized spacial score (nSPS) is 15.8. The van der Waals surface area contributed by atoms with Gasteiger partial charge in [-0.2, -0.15) is 0 Å². The molecule has 1 saturated carbocycles. The second-order valence-corrected chi connectivity index (χ2v) is 7.04. The van der Waals surface area contributed by atoms with Crippen LogP contribution in [-0.2, 0) is 12.8 Å². The number of aryl methyl sites for hydroxylation is 1. The lowest BCUT2D eigenvalue weighted by Crippen LogP contribution is -2.01. The topological polar surface area (TPSA) is 13.1 Å². The minimum atomic E-state index is -0.345. The molecule has 1 heterocycles. The van der Waals surface area contributed by atoms with Crippen molar-refractivity contribution in [1.82, 2.24) is 0 Å². The van der Waals surface area contributed by atoms with E-state index in [-0.39, 0.29) is 22.8 Å². The van der Waals surface area contributed by atoms with Gasteiger partial charge in [0.25, 0.3) is 0 Å². The molecule has 1 aliphatic rings. The van der Waals surface area contributed by atoms with Crippen molar-refractivity contribution < 1.29 is 13.2 Å². The number of benzene rings is 2. The number of halogens is 2. The number of fused-ring (bicyclic) bond motifs is 3. The molecule has 0 spiro atoms. The maximum atomic E-state index is 14.9. The average Bonchev–Trinajstić information content (AvgIpc) is 3.21. The summed E-state index contributed by atoms with van der Waals surface area (Å²) in [6.07, 6.45) is 7.10. The molecule has 1 aliphatic carbocycles. The molecule has 0 atom stereocenters. The Bertz CT molecular complexity index is 888. The van der Waals surface area contributed by atoms with Crippen LogP contribution in [0.2, 0.25) is 0 Å². The highest BCUT2D eigenvalue weighted by atomic mass is 19.1. The van der Waals surface area contributed by atoms with Gasteiger partial charge in [-0.15, -0.1) is 0 Å². The van der Waals surface area contributed by atoms with E-state index in [9.17, 15) is 8.78 Å². The summed E-state index contributed by atoms with van der Waals surface area (Å²) >= 11 is 0. The highest BCUT2D eigenvalue weighted by Gasteiger charge is 2.21. The smallest absolute Gasteiger partial charge is 0.171 e. The lowest BCUT2D eigenvalue weighted by atomic mass is 9.96. The van der Waals surface area contributed by atoms with Gasteiger partial charge >= 0.3 is 0 Å². The summed E-state index contributed by atoms with van der Waals surface area (Å²) in [5, 5.41) is 1.33. The molecular weight excluding hydrogens is 306 g/mol. The van der Waals surface area contributed by atoms with Crippen molar-refractivity contribution in [3.63, 3.8) is 0 Å². The van der Waals surface area contributed by atoms with Crippen LogP contribution in [0.1, 0.15) is 50.2 Å². The van der Waals surface area contributed by atoms with E-state index in [0.717, 1.165) is 12.8 Å². The molecule has 126 valence electrons. The van der Waals surface area contributed by atoms with E-state index in [4.69, 9.17) is 4.42 Å². The van der Waals surface area contributed by atoms with Crippen molar-refractivity contribution in [2.24, 2.45) is 5.92 Å². The second-order valence-electron chi connectivity index (χ2n) is 7.04. The summed E-state index contributed by atoms with van der Waals surface area (Å²) in [4.78, 5) is 0. The number of rotatable bonds is 4. The molecular formula is C21H22F2O. The minimum absolute atomic E-state index is 0.188. The third-order valence-corrected chi connectivity index (χ3v) is 5.35. The highest BCUT2D eigenvalue weighted by Crippen LogP contribution is 2.36. The first-order valence-corrected chi connectivity index (χ1v) is 9.00. The van der Waals surface area contributed by atoms with Crippen LogP contribution in [0.15, 0.2) is 28.7 Å². The van der Waals surface area contributed by atoms with E-state index in [0.29, 0.717) is 34.2 Å². The van der Waals surface area contributed by atoms with Crippen LogP contribution in [0, 0.1) is 17.6 Å².